The fraction of sp³-hybridized carbons (Fsp3) is 0.333. The van der Waals surface area contributed by atoms with E-state index in [9.17, 15) is 9.59 Å². The highest BCUT2D eigenvalue weighted by Crippen LogP contribution is 2.23. The summed E-state index contributed by atoms with van der Waals surface area (Å²) >= 11 is 0. The first kappa shape index (κ1) is 11.6. The molecule has 90 valence electrons. The van der Waals surface area contributed by atoms with Crippen LogP contribution in [0, 0.1) is 0 Å². The van der Waals surface area contributed by atoms with Crippen LogP contribution in [0.5, 0.6) is 0 Å². The number of carbonyl (C=O) groups excluding carboxylic acids is 2. The molecular formula is C12H15N3O2. The summed E-state index contributed by atoms with van der Waals surface area (Å²) in [5, 5.41) is 5.47. The van der Waals surface area contributed by atoms with Crippen LogP contribution in [-0.2, 0) is 22.4 Å². The monoisotopic (exact) mass is 233 g/mol. The Labute approximate surface area is 99.4 Å². The van der Waals surface area contributed by atoms with Gasteiger partial charge in [0, 0.05) is 18.8 Å². The van der Waals surface area contributed by atoms with E-state index in [2.05, 4.69) is 10.6 Å². The minimum absolute atomic E-state index is 0.00438. The zero-order chi connectivity index (χ0) is 12.3. The minimum atomic E-state index is -0.0484. The van der Waals surface area contributed by atoms with Gasteiger partial charge >= 0.3 is 0 Å². The van der Waals surface area contributed by atoms with Gasteiger partial charge in [-0.25, -0.2) is 0 Å². The third-order valence-corrected chi connectivity index (χ3v) is 2.63. The quantitative estimate of drug-likeness (QED) is 0.673. The predicted octanol–water partition coefficient (Wildman–Crippen LogP) is -0.201. The molecule has 1 heterocycles. The Balaban J connectivity index is 2.01. The number of hydrogen-bond donors (Lipinski definition) is 3. The summed E-state index contributed by atoms with van der Waals surface area (Å²) in [6.07, 6.45) is 0.717. The minimum Gasteiger partial charge on any atom is -0.355 e. The van der Waals surface area contributed by atoms with Crippen LogP contribution in [0.1, 0.15) is 11.1 Å². The lowest BCUT2D eigenvalue weighted by Gasteiger charge is -2.05. The SMILES string of the molecule is NCCNC(=O)Cc1ccc2c(c1)CC(=O)N2. The maximum Gasteiger partial charge on any atom is 0.228 e. The summed E-state index contributed by atoms with van der Waals surface area (Å²) in [6, 6.07) is 5.59. The molecular weight excluding hydrogens is 218 g/mol. The summed E-state index contributed by atoms with van der Waals surface area (Å²) < 4.78 is 0. The molecule has 0 atom stereocenters. The summed E-state index contributed by atoms with van der Waals surface area (Å²) in [5.41, 5.74) is 8.02. The fourth-order valence-electron chi connectivity index (χ4n) is 1.85. The Bertz CT molecular complexity index is 457. The van der Waals surface area contributed by atoms with Gasteiger partial charge < -0.3 is 16.4 Å². The molecule has 4 N–H and O–H groups in total. The Morgan fingerprint density at radius 3 is 3.06 bits per heavy atom. The molecule has 1 aliphatic rings. The second-order valence-corrected chi connectivity index (χ2v) is 4.03. The summed E-state index contributed by atoms with van der Waals surface area (Å²) in [5.74, 6) is -0.0441. The number of hydrogen-bond acceptors (Lipinski definition) is 3. The normalized spacial score (nSPS) is 13.1. The van der Waals surface area contributed by atoms with Crippen molar-refractivity contribution in [3.05, 3.63) is 29.3 Å². The molecule has 0 saturated carbocycles. The molecule has 0 saturated heterocycles. The zero-order valence-corrected chi connectivity index (χ0v) is 9.45. The summed E-state index contributed by atoms with van der Waals surface area (Å²) in [7, 11) is 0. The lowest BCUT2D eigenvalue weighted by atomic mass is 10.1. The van der Waals surface area contributed by atoms with E-state index in [1.807, 2.05) is 18.2 Å². The van der Waals surface area contributed by atoms with Crippen molar-refractivity contribution in [1.29, 1.82) is 0 Å². The largest absolute Gasteiger partial charge is 0.355 e. The van der Waals surface area contributed by atoms with E-state index in [0.29, 0.717) is 25.9 Å². The standard InChI is InChI=1S/C12H15N3O2/c13-3-4-14-11(16)6-8-1-2-10-9(5-8)7-12(17)15-10/h1-2,5H,3-4,6-7,13H2,(H,14,16)(H,15,17). The third kappa shape index (κ3) is 2.82. The van der Waals surface area contributed by atoms with Crippen LogP contribution >= 0.6 is 0 Å². The van der Waals surface area contributed by atoms with Crippen LogP contribution in [0.25, 0.3) is 0 Å². The third-order valence-electron chi connectivity index (χ3n) is 2.63. The van der Waals surface area contributed by atoms with Crippen molar-refractivity contribution in [2.45, 2.75) is 12.8 Å². The van der Waals surface area contributed by atoms with Gasteiger partial charge in [0.15, 0.2) is 0 Å². The molecule has 0 aliphatic carbocycles. The van der Waals surface area contributed by atoms with E-state index in [4.69, 9.17) is 5.73 Å². The number of rotatable bonds is 4. The van der Waals surface area contributed by atoms with Gasteiger partial charge in [-0.3, -0.25) is 9.59 Å². The van der Waals surface area contributed by atoms with E-state index >= 15 is 0 Å². The van der Waals surface area contributed by atoms with E-state index in [1.54, 1.807) is 0 Å². The number of anilines is 1. The topological polar surface area (TPSA) is 84.2 Å². The summed E-state index contributed by atoms with van der Waals surface area (Å²) in [4.78, 5) is 22.7. The molecule has 0 spiro atoms. The van der Waals surface area contributed by atoms with Gasteiger partial charge in [0.2, 0.25) is 11.8 Å². The second kappa shape index (κ2) is 4.97. The number of amides is 2. The highest BCUT2D eigenvalue weighted by Gasteiger charge is 2.17. The molecule has 1 aliphatic heterocycles. The maximum absolute atomic E-state index is 11.5. The van der Waals surface area contributed by atoms with Crippen LogP contribution < -0.4 is 16.4 Å². The van der Waals surface area contributed by atoms with Crippen LogP contribution in [0.2, 0.25) is 0 Å². The lowest BCUT2D eigenvalue weighted by molar-refractivity contribution is -0.120. The molecule has 0 fully saturated rings. The first-order valence-electron chi connectivity index (χ1n) is 5.57. The van der Waals surface area contributed by atoms with Crippen molar-refractivity contribution < 1.29 is 9.59 Å². The van der Waals surface area contributed by atoms with Gasteiger partial charge in [-0.15, -0.1) is 0 Å². The van der Waals surface area contributed by atoms with E-state index in [0.717, 1.165) is 16.8 Å². The van der Waals surface area contributed by atoms with Crippen LogP contribution in [0.3, 0.4) is 0 Å². The molecule has 2 rings (SSSR count). The molecule has 1 aromatic carbocycles. The first-order chi connectivity index (χ1) is 8.19. The van der Waals surface area contributed by atoms with E-state index < -0.39 is 0 Å². The molecule has 17 heavy (non-hydrogen) atoms. The first-order valence-corrected chi connectivity index (χ1v) is 5.57. The second-order valence-electron chi connectivity index (χ2n) is 4.03. The smallest absolute Gasteiger partial charge is 0.228 e. The van der Waals surface area contributed by atoms with Gasteiger partial charge in [0.05, 0.1) is 12.8 Å². The summed E-state index contributed by atoms with van der Waals surface area (Å²) in [6.45, 7) is 0.929. The maximum atomic E-state index is 11.5. The molecule has 5 heteroatoms. The van der Waals surface area contributed by atoms with Gasteiger partial charge in [-0.2, -0.15) is 0 Å². The highest BCUT2D eigenvalue weighted by molar-refractivity contribution is 5.99. The Morgan fingerprint density at radius 2 is 2.29 bits per heavy atom. The Kier molecular flexibility index (Phi) is 3.39. The predicted molar refractivity (Wildman–Crippen MR) is 64.5 cm³/mol. The van der Waals surface area contributed by atoms with Crippen LogP contribution in [0.15, 0.2) is 18.2 Å². The molecule has 2 amide bonds. The molecule has 1 aromatic rings. The molecule has 0 aromatic heterocycles. The van der Waals surface area contributed by atoms with E-state index in [1.165, 1.54) is 0 Å². The van der Waals surface area contributed by atoms with Crippen molar-refractivity contribution >= 4 is 17.5 Å². The zero-order valence-electron chi connectivity index (χ0n) is 9.45. The number of nitrogens with one attached hydrogen (secondary N) is 2. The van der Waals surface area contributed by atoms with Crippen LogP contribution in [-0.4, -0.2) is 24.9 Å². The highest BCUT2D eigenvalue weighted by atomic mass is 16.2. The van der Waals surface area contributed by atoms with Gasteiger partial charge in [-0.1, -0.05) is 12.1 Å². The van der Waals surface area contributed by atoms with Gasteiger partial charge in [0.1, 0.15) is 0 Å². The molecule has 0 bridgehead atoms. The van der Waals surface area contributed by atoms with Crippen molar-refractivity contribution in [3.63, 3.8) is 0 Å². The van der Waals surface area contributed by atoms with Crippen molar-refractivity contribution in [2.24, 2.45) is 5.73 Å². The average Bonchev–Trinajstić information content (AvgIpc) is 2.65. The lowest BCUT2D eigenvalue weighted by Crippen LogP contribution is -2.30. The number of carbonyl (C=O) groups is 2. The number of fused-ring (bicyclic) bond motifs is 1. The van der Waals surface area contributed by atoms with Crippen molar-refractivity contribution in [3.8, 4) is 0 Å². The van der Waals surface area contributed by atoms with Crippen LogP contribution in [0.4, 0.5) is 5.69 Å². The average molecular weight is 233 g/mol. The Hall–Kier alpha value is -1.88. The molecule has 0 radical (unpaired) electrons. The molecule has 0 unspecified atom stereocenters. The van der Waals surface area contributed by atoms with Gasteiger partial charge in [-0.05, 0) is 17.2 Å². The fourth-order valence-corrected chi connectivity index (χ4v) is 1.85. The molecule has 5 nitrogen and oxygen atoms in total. The van der Waals surface area contributed by atoms with Gasteiger partial charge in [0.25, 0.3) is 0 Å². The number of benzene rings is 1. The van der Waals surface area contributed by atoms with Crippen molar-refractivity contribution in [1.82, 2.24) is 5.32 Å². The number of nitrogens with two attached hydrogens (primary N) is 1. The van der Waals surface area contributed by atoms with E-state index in [-0.39, 0.29) is 11.8 Å². The van der Waals surface area contributed by atoms with Crippen molar-refractivity contribution in [2.75, 3.05) is 18.4 Å². The Morgan fingerprint density at radius 1 is 1.47 bits per heavy atom.